The number of aliphatic hydroxyl groups excluding tert-OH is 1. The highest BCUT2D eigenvalue weighted by Gasteiger charge is 2.42. The Morgan fingerprint density at radius 3 is 2.75 bits per heavy atom. The molecule has 0 aliphatic heterocycles. The normalized spacial score (nSPS) is 19.5. The maximum Gasteiger partial charge on any atom is 0.0490 e. The summed E-state index contributed by atoms with van der Waals surface area (Å²) in [6.07, 6.45) is 3.51. The van der Waals surface area contributed by atoms with Crippen LogP contribution in [0.2, 0.25) is 0 Å². The molecule has 1 aliphatic carbocycles. The topological polar surface area (TPSA) is 20.2 Å². The lowest BCUT2D eigenvalue weighted by atomic mass is 10.0. The number of rotatable bonds is 3. The monoisotopic (exact) mass is 182 g/mol. The molecular weight excluding hydrogens is 168 g/mol. The van der Waals surface area contributed by atoms with E-state index in [1.54, 1.807) is 0 Å². The highest BCUT2D eigenvalue weighted by molar-refractivity contribution is 7.10. The van der Waals surface area contributed by atoms with Gasteiger partial charge in [-0.25, -0.2) is 0 Å². The minimum atomic E-state index is 0.273. The van der Waals surface area contributed by atoms with Crippen molar-refractivity contribution in [3.63, 3.8) is 0 Å². The Kier molecular flexibility index (Phi) is 1.97. The second-order valence-corrected chi connectivity index (χ2v) is 4.86. The molecule has 2 heteroatoms. The van der Waals surface area contributed by atoms with Crippen LogP contribution in [-0.2, 0) is 6.42 Å². The van der Waals surface area contributed by atoms with Crippen molar-refractivity contribution in [3.05, 3.63) is 21.9 Å². The Morgan fingerprint density at radius 1 is 1.58 bits per heavy atom. The predicted molar refractivity (Wildman–Crippen MR) is 51.5 cm³/mol. The van der Waals surface area contributed by atoms with Crippen LogP contribution in [0, 0.1) is 12.3 Å². The summed E-state index contributed by atoms with van der Waals surface area (Å²) in [6.45, 7) is 2.52. The van der Waals surface area contributed by atoms with Crippen LogP contribution in [0.3, 0.4) is 0 Å². The van der Waals surface area contributed by atoms with E-state index >= 15 is 0 Å². The molecule has 1 fully saturated rings. The van der Waals surface area contributed by atoms with Crippen LogP contribution in [0.15, 0.2) is 11.4 Å². The van der Waals surface area contributed by atoms with E-state index in [-0.39, 0.29) is 5.41 Å². The molecule has 1 nitrogen and oxygen atoms in total. The average molecular weight is 182 g/mol. The van der Waals surface area contributed by atoms with Crippen LogP contribution in [0.5, 0.6) is 0 Å². The van der Waals surface area contributed by atoms with Gasteiger partial charge in [-0.1, -0.05) is 0 Å². The van der Waals surface area contributed by atoms with Gasteiger partial charge in [0.25, 0.3) is 0 Å². The van der Waals surface area contributed by atoms with Gasteiger partial charge in [0.1, 0.15) is 0 Å². The fraction of sp³-hybridized carbons (Fsp3) is 0.600. The third kappa shape index (κ3) is 1.41. The molecule has 0 bridgehead atoms. The minimum absolute atomic E-state index is 0.273. The fourth-order valence-electron chi connectivity index (χ4n) is 1.49. The quantitative estimate of drug-likeness (QED) is 0.761. The van der Waals surface area contributed by atoms with Gasteiger partial charge in [-0.15, -0.1) is 11.3 Å². The van der Waals surface area contributed by atoms with Crippen molar-refractivity contribution < 1.29 is 5.11 Å². The third-order valence-electron chi connectivity index (χ3n) is 2.80. The SMILES string of the molecule is Cc1ccsc1CC1(CO)CC1. The van der Waals surface area contributed by atoms with E-state index in [9.17, 15) is 0 Å². The summed E-state index contributed by atoms with van der Waals surface area (Å²) in [7, 11) is 0. The van der Waals surface area contributed by atoms with Crippen LogP contribution in [0.25, 0.3) is 0 Å². The Bertz CT molecular complexity index is 273. The molecule has 0 aromatic carbocycles. The molecule has 0 radical (unpaired) electrons. The average Bonchev–Trinajstić information content (AvgIpc) is 2.74. The van der Waals surface area contributed by atoms with Gasteiger partial charge in [0.2, 0.25) is 0 Å². The molecule has 0 amide bonds. The molecule has 0 saturated heterocycles. The van der Waals surface area contributed by atoms with Gasteiger partial charge in [0.05, 0.1) is 0 Å². The molecule has 0 atom stereocenters. The van der Waals surface area contributed by atoms with Crippen LogP contribution < -0.4 is 0 Å². The zero-order valence-electron chi connectivity index (χ0n) is 7.34. The van der Waals surface area contributed by atoms with Crippen molar-refractivity contribution in [2.75, 3.05) is 6.61 Å². The molecular formula is C10H14OS. The molecule has 0 spiro atoms. The van der Waals surface area contributed by atoms with Crippen LogP contribution in [0.1, 0.15) is 23.3 Å². The van der Waals surface area contributed by atoms with Gasteiger partial charge in [0.15, 0.2) is 0 Å². The smallest absolute Gasteiger partial charge is 0.0490 e. The summed E-state index contributed by atoms with van der Waals surface area (Å²) in [4.78, 5) is 1.46. The van der Waals surface area contributed by atoms with E-state index in [0.29, 0.717) is 6.61 Å². The summed E-state index contributed by atoms with van der Waals surface area (Å²) >= 11 is 1.82. The number of aryl methyl sites for hydroxylation is 1. The van der Waals surface area contributed by atoms with Gasteiger partial charge in [-0.3, -0.25) is 0 Å². The van der Waals surface area contributed by atoms with E-state index < -0.39 is 0 Å². The third-order valence-corrected chi connectivity index (χ3v) is 3.82. The van der Waals surface area contributed by atoms with Crippen molar-refractivity contribution in [2.24, 2.45) is 5.41 Å². The van der Waals surface area contributed by atoms with Crippen LogP contribution in [-0.4, -0.2) is 11.7 Å². The zero-order chi connectivity index (χ0) is 8.60. The first kappa shape index (κ1) is 8.27. The van der Waals surface area contributed by atoms with Crippen molar-refractivity contribution in [2.45, 2.75) is 26.2 Å². The summed E-state index contributed by atoms with van der Waals surface area (Å²) < 4.78 is 0. The van der Waals surface area contributed by atoms with E-state index in [4.69, 9.17) is 5.11 Å². The minimum Gasteiger partial charge on any atom is -0.396 e. The number of aliphatic hydroxyl groups is 1. The molecule has 1 aromatic heterocycles. The second-order valence-electron chi connectivity index (χ2n) is 3.86. The lowest BCUT2D eigenvalue weighted by molar-refractivity contribution is 0.211. The van der Waals surface area contributed by atoms with E-state index in [1.807, 2.05) is 11.3 Å². The fourth-order valence-corrected chi connectivity index (χ4v) is 2.57. The van der Waals surface area contributed by atoms with Gasteiger partial charge in [-0.05, 0) is 48.6 Å². The van der Waals surface area contributed by atoms with Gasteiger partial charge in [0, 0.05) is 11.5 Å². The Labute approximate surface area is 77.0 Å². The first-order valence-electron chi connectivity index (χ1n) is 4.40. The molecule has 1 N–H and O–H groups in total. The molecule has 1 aliphatic rings. The maximum atomic E-state index is 9.15. The highest BCUT2D eigenvalue weighted by Crippen LogP contribution is 2.48. The van der Waals surface area contributed by atoms with Crippen molar-refractivity contribution >= 4 is 11.3 Å². The first-order valence-corrected chi connectivity index (χ1v) is 5.28. The Hall–Kier alpha value is -0.340. The molecule has 2 rings (SSSR count). The molecule has 12 heavy (non-hydrogen) atoms. The Morgan fingerprint density at radius 2 is 2.33 bits per heavy atom. The summed E-state index contributed by atoms with van der Waals surface area (Å²) in [5.41, 5.74) is 1.66. The molecule has 1 aromatic rings. The van der Waals surface area contributed by atoms with Gasteiger partial charge >= 0.3 is 0 Å². The summed E-state index contributed by atoms with van der Waals surface area (Å²) in [5.74, 6) is 0. The largest absolute Gasteiger partial charge is 0.396 e. The standard InChI is InChI=1S/C10H14OS/c1-8-2-5-12-9(8)6-10(7-11)3-4-10/h2,5,11H,3-4,6-7H2,1H3. The summed E-state index contributed by atoms with van der Waals surface area (Å²) in [5, 5.41) is 11.3. The predicted octanol–water partition coefficient (Wildman–Crippen LogP) is 2.37. The molecule has 66 valence electrons. The summed E-state index contributed by atoms with van der Waals surface area (Å²) in [6, 6.07) is 2.16. The lowest BCUT2D eigenvalue weighted by Crippen LogP contribution is -2.09. The number of hydrogen-bond acceptors (Lipinski definition) is 2. The Balaban J connectivity index is 2.08. The number of hydrogen-bond donors (Lipinski definition) is 1. The first-order chi connectivity index (χ1) is 5.76. The van der Waals surface area contributed by atoms with E-state index in [2.05, 4.69) is 18.4 Å². The molecule has 0 unspecified atom stereocenters. The maximum absolute atomic E-state index is 9.15. The van der Waals surface area contributed by atoms with Crippen LogP contribution >= 0.6 is 11.3 Å². The van der Waals surface area contributed by atoms with Gasteiger partial charge in [-0.2, -0.15) is 0 Å². The van der Waals surface area contributed by atoms with Gasteiger partial charge < -0.3 is 5.11 Å². The van der Waals surface area contributed by atoms with E-state index in [0.717, 1.165) is 6.42 Å². The number of thiophene rings is 1. The molecule has 1 heterocycles. The van der Waals surface area contributed by atoms with Crippen molar-refractivity contribution in [1.82, 2.24) is 0 Å². The van der Waals surface area contributed by atoms with Crippen molar-refractivity contribution in [1.29, 1.82) is 0 Å². The van der Waals surface area contributed by atoms with E-state index in [1.165, 1.54) is 23.3 Å². The molecule has 1 saturated carbocycles. The second kappa shape index (κ2) is 2.86. The zero-order valence-corrected chi connectivity index (χ0v) is 8.16. The van der Waals surface area contributed by atoms with Crippen molar-refractivity contribution in [3.8, 4) is 0 Å². The lowest BCUT2D eigenvalue weighted by Gasteiger charge is -2.09. The van der Waals surface area contributed by atoms with Crippen LogP contribution in [0.4, 0.5) is 0 Å². The highest BCUT2D eigenvalue weighted by atomic mass is 32.1.